The normalized spacial score (nSPS) is 10.1. The van der Waals surface area contributed by atoms with Gasteiger partial charge in [0.25, 0.3) is 0 Å². The minimum absolute atomic E-state index is 0.170. The van der Waals surface area contributed by atoms with E-state index >= 15 is 0 Å². The van der Waals surface area contributed by atoms with E-state index in [0.29, 0.717) is 5.76 Å². The summed E-state index contributed by atoms with van der Waals surface area (Å²) >= 11 is 0. The fourth-order valence-corrected chi connectivity index (χ4v) is 1.44. The Labute approximate surface area is 93.7 Å². The average molecular weight is 216 g/mol. The molecule has 0 atom stereocenters. The summed E-state index contributed by atoms with van der Waals surface area (Å²) in [5, 5.41) is 0. The van der Waals surface area contributed by atoms with Crippen molar-refractivity contribution in [1.82, 2.24) is 0 Å². The molecule has 3 heteroatoms. The van der Waals surface area contributed by atoms with E-state index in [4.69, 9.17) is 4.42 Å². The van der Waals surface area contributed by atoms with Crippen molar-refractivity contribution in [3.05, 3.63) is 48.2 Å². The summed E-state index contributed by atoms with van der Waals surface area (Å²) < 4.78 is 10.1. The van der Waals surface area contributed by atoms with Crippen molar-refractivity contribution >= 4 is 5.97 Å². The van der Waals surface area contributed by atoms with E-state index in [1.807, 2.05) is 36.4 Å². The number of furan rings is 1. The molecular weight excluding hydrogens is 204 g/mol. The maximum absolute atomic E-state index is 11.0. The monoisotopic (exact) mass is 216 g/mol. The van der Waals surface area contributed by atoms with Crippen LogP contribution in [-0.2, 0) is 16.0 Å². The number of carbonyl (C=O) groups is 1. The van der Waals surface area contributed by atoms with Crippen LogP contribution >= 0.6 is 0 Å². The number of esters is 1. The van der Waals surface area contributed by atoms with Gasteiger partial charge in [0.1, 0.15) is 17.9 Å². The van der Waals surface area contributed by atoms with Gasteiger partial charge in [-0.25, -0.2) is 0 Å². The summed E-state index contributed by atoms with van der Waals surface area (Å²) in [7, 11) is 1.36. The molecule has 0 radical (unpaired) electrons. The second-order valence-corrected chi connectivity index (χ2v) is 3.38. The van der Waals surface area contributed by atoms with E-state index in [0.717, 1.165) is 11.3 Å². The molecular formula is C13H12O3. The van der Waals surface area contributed by atoms with Gasteiger partial charge in [-0.1, -0.05) is 30.3 Å². The maximum Gasteiger partial charge on any atom is 0.313 e. The smallest absolute Gasteiger partial charge is 0.313 e. The van der Waals surface area contributed by atoms with E-state index < -0.39 is 0 Å². The first-order valence-electron chi connectivity index (χ1n) is 5.00. The lowest BCUT2D eigenvalue weighted by Gasteiger charge is -1.97. The van der Waals surface area contributed by atoms with Gasteiger partial charge in [0.15, 0.2) is 0 Å². The van der Waals surface area contributed by atoms with Gasteiger partial charge in [0.05, 0.1) is 7.11 Å². The Balaban J connectivity index is 2.17. The molecule has 1 aromatic heterocycles. The first-order chi connectivity index (χ1) is 7.79. The Morgan fingerprint density at radius 3 is 2.62 bits per heavy atom. The molecule has 1 aromatic carbocycles. The molecule has 0 saturated heterocycles. The Hall–Kier alpha value is -2.03. The largest absolute Gasteiger partial charge is 0.469 e. The van der Waals surface area contributed by atoms with Crippen LogP contribution in [-0.4, -0.2) is 13.1 Å². The van der Waals surface area contributed by atoms with E-state index in [1.54, 1.807) is 6.07 Å². The molecule has 82 valence electrons. The summed E-state index contributed by atoms with van der Waals surface area (Å²) in [6.45, 7) is 0. The molecule has 0 amide bonds. The molecule has 1 heterocycles. The molecule has 16 heavy (non-hydrogen) atoms. The van der Waals surface area contributed by atoms with Crippen LogP contribution in [0.1, 0.15) is 5.76 Å². The fraction of sp³-hybridized carbons (Fsp3) is 0.154. The summed E-state index contributed by atoms with van der Waals surface area (Å²) in [4.78, 5) is 11.0. The van der Waals surface area contributed by atoms with Crippen molar-refractivity contribution in [2.45, 2.75) is 6.42 Å². The Morgan fingerprint density at radius 1 is 1.19 bits per heavy atom. The zero-order valence-corrected chi connectivity index (χ0v) is 8.97. The van der Waals surface area contributed by atoms with Crippen LogP contribution in [0.2, 0.25) is 0 Å². The minimum atomic E-state index is -0.297. The standard InChI is InChI=1S/C13H12O3/c1-15-13(14)9-11-7-8-12(16-11)10-5-3-2-4-6-10/h2-8H,9H2,1H3. The third-order valence-corrected chi connectivity index (χ3v) is 2.27. The number of methoxy groups -OCH3 is 1. The SMILES string of the molecule is COC(=O)Cc1ccc(-c2ccccc2)o1. The third kappa shape index (κ3) is 2.31. The van der Waals surface area contributed by atoms with Crippen LogP contribution in [0.25, 0.3) is 11.3 Å². The number of carbonyl (C=O) groups excluding carboxylic acids is 1. The first-order valence-corrected chi connectivity index (χ1v) is 5.00. The van der Waals surface area contributed by atoms with E-state index in [9.17, 15) is 4.79 Å². The number of ether oxygens (including phenoxy) is 1. The van der Waals surface area contributed by atoms with Gasteiger partial charge < -0.3 is 9.15 Å². The topological polar surface area (TPSA) is 39.4 Å². The zero-order chi connectivity index (χ0) is 11.4. The molecule has 0 aliphatic heterocycles. The predicted molar refractivity (Wildman–Crippen MR) is 59.9 cm³/mol. The Morgan fingerprint density at radius 2 is 1.94 bits per heavy atom. The molecule has 0 fully saturated rings. The van der Waals surface area contributed by atoms with Gasteiger partial charge in [0.2, 0.25) is 0 Å². The fourth-order valence-electron chi connectivity index (χ4n) is 1.44. The van der Waals surface area contributed by atoms with Crippen LogP contribution in [0.15, 0.2) is 46.9 Å². The molecule has 3 nitrogen and oxygen atoms in total. The number of benzene rings is 1. The van der Waals surface area contributed by atoms with Crippen molar-refractivity contribution in [1.29, 1.82) is 0 Å². The molecule has 0 aliphatic rings. The van der Waals surface area contributed by atoms with Gasteiger partial charge in [0, 0.05) is 5.56 Å². The highest BCUT2D eigenvalue weighted by atomic mass is 16.5. The predicted octanol–water partition coefficient (Wildman–Crippen LogP) is 2.66. The average Bonchev–Trinajstić information content (AvgIpc) is 2.78. The molecule has 0 bridgehead atoms. The highest BCUT2D eigenvalue weighted by molar-refractivity contribution is 5.72. The van der Waals surface area contributed by atoms with E-state index in [2.05, 4.69) is 4.74 Å². The molecule has 0 saturated carbocycles. The highest BCUT2D eigenvalue weighted by Gasteiger charge is 2.08. The maximum atomic E-state index is 11.0. The van der Waals surface area contributed by atoms with E-state index in [-0.39, 0.29) is 12.4 Å². The van der Waals surface area contributed by atoms with Crippen molar-refractivity contribution in [3.63, 3.8) is 0 Å². The van der Waals surface area contributed by atoms with Crippen molar-refractivity contribution in [2.24, 2.45) is 0 Å². The second-order valence-electron chi connectivity index (χ2n) is 3.38. The zero-order valence-electron chi connectivity index (χ0n) is 8.97. The van der Waals surface area contributed by atoms with Crippen LogP contribution in [0, 0.1) is 0 Å². The van der Waals surface area contributed by atoms with Gasteiger partial charge in [-0.3, -0.25) is 4.79 Å². The van der Waals surface area contributed by atoms with Crippen LogP contribution in [0.4, 0.5) is 0 Å². The van der Waals surface area contributed by atoms with E-state index in [1.165, 1.54) is 7.11 Å². The quantitative estimate of drug-likeness (QED) is 0.740. The van der Waals surface area contributed by atoms with Gasteiger partial charge in [-0.2, -0.15) is 0 Å². The summed E-state index contributed by atoms with van der Waals surface area (Å²) in [5.74, 6) is 1.08. The lowest BCUT2D eigenvalue weighted by Crippen LogP contribution is -2.03. The Kier molecular flexibility index (Phi) is 3.05. The first kappa shape index (κ1) is 10.5. The third-order valence-electron chi connectivity index (χ3n) is 2.27. The van der Waals surface area contributed by atoms with Crippen LogP contribution < -0.4 is 0 Å². The number of hydrogen-bond donors (Lipinski definition) is 0. The van der Waals surface area contributed by atoms with Crippen molar-refractivity contribution in [2.75, 3.05) is 7.11 Å². The molecule has 2 aromatic rings. The molecule has 0 unspecified atom stereocenters. The molecule has 0 aliphatic carbocycles. The van der Waals surface area contributed by atoms with Gasteiger partial charge in [-0.05, 0) is 12.1 Å². The minimum Gasteiger partial charge on any atom is -0.469 e. The van der Waals surface area contributed by atoms with Crippen LogP contribution in [0.5, 0.6) is 0 Å². The molecule has 0 N–H and O–H groups in total. The van der Waals surface area contributed by atoms with Crippen molar-refractivity contribution in [3.8, 4) is 11.3 Å². The summed E-state index contributed by atoms with van der Waals surface area (Å²) in [5.41, 5.74) is 0.999. The van der Waals surface area contributed by atoms with Gasteiger partial charge >= 0.3 is 5.97 Å². The second kappa shape index (κ2) is 4.66. The summed E-state index contributed by atoms with van der Waals surface area (Å²) in [6.07, 6.45) is 0.170. The molecule has 0 spiro atoms. The molecule has 2 rings (SSSR count). The van der Waals surface area contributed by atoms with Crippen LogP contribution in [0.3, 0.4) is 0 Å². The van der Waals surface area contributed by atoms with Crippen molar-refractivity contribution < 1.29 is 13.9 Å². The lowest BCUT2D eigenvalue weighted by atomic mass is 10.2. The number of hydrogen-bond acceptors (Lipinski definition) is 3. The lowest BCUT2D eigenvalue weighted by molar-refractivity contribution is -0.140. The van der Waals surface area contributed by atoms with Gasteiger partial charge in [-0.15, -0.1) is 0 Å². The Bertz CT molecular complexity index is 471. The summed E-state index contributed by atoms with van der Waals surface area (Å²) in [6, 6.07) is 13.4. The number of rotatable bonds is 3. The highest BCUT2D eigenvalue weighted by Crippen LogP contribution is 2.21.